The fourth-order valence-electron chi connectivity index (χ4n) is 3.37. The van der Waals surface area contributed by atoms with Crippen LogP contribution in [0.2, 0.25) is 0 Å². The molecule has 0 radical (unpaired) electrons. The molecule has 0 aromatic heterocycles. The number of aliphatic hydroxyl groups excluding tert-OH is 1. The highest BCUT2D eigenvalue weighted by molar-refractivity contribution is 14.0. The summed E-state index contributed by atoms with van der Waals surface area (Å²) in [6.07, 6.45) is 1.44. The van der Waals surface area contributed by atoms with Crippen molar-refractivity contribution < 1.29 is 14.6 Å². The Kier molecular flexibility index (Phi) is 7.40. The number of nitrogens with one attached hydrogen (secondary N) is 1. The maximum Gasteiger partial charge on any atom is 0.194 e. The van der Waals surface area contributed by atoms with E-state index >= 15 is 0 Å². The summed E-state index contributed by atoms with van der Waals surface area (Å²) in [6, 6.07) is 6.06. The number of para-hydroxylation sites is 1. The van der Waals surface area contributed by atoms with E-state index in [-0.39, 0.29) is 35.7 Å². The quantitative estimate of drug-likeness (QED) is 0.297. The summed E-state index contributed by atoms with van der Waals surface area (Å²) in [7, 11) is 0. The minimum absolute atomic E-state index is 0. The van der Waals surface area contributed by atoms with E-state index in [4.69, 9.17) is 9.47 Å². The lowest BCUT2D eigenvalue weighted by atomic mass is 10.0. The molecule has 146 valence electrons. The monoisotopic (exact) mass is 475 g/mol. The normalized spacial score (nSPS) is 21.0. The summed E-state index contributed by atoms with van der Waals surface area (Å²) < 4.78 is 12.0. The number of likely N-dealkylation sites (tertiary alicyclic amines) is 1. The summed E-state index contributed by atoms with van der Waals surface area (Å²) in [6.45, 7) is 9.56. The number of hydrogen-bond donors (Lipinski definition) is 2. The first kappa shape index (κ1) is 21.1. The van der Waals surface area contributed by atoms with Crippen LogP contribution in [0.1, 0.15) is 32.8 Å². The van der Waals surface area contributed by atoms with E-state index < -0.39 is 0 Å². The van der Waals surface area contributed by atoms with Gasteiger partial charge in [-0.25, -0.2) is 4.99 Å². The molecule has 0 saturated carbocycles. The Hall–Kier alpha value is -1.22. The SMILES string of the molecule is CCNC(=NCCOc1cccc2c1OC(C)(C)C2)N1CC[C@@H](O)C1.I. The number of halogens is 1. The lowest BCUT2D eigenvalue weighted by molar-refractivity contribution is 0.132. The van der Waals surface area contributed by atoms with Gasteiger partial charge in [-0.3, -0.25) is 0 Å². The molecule has 7 heteroatoms. The van der Waals surface area contributed by atoms with Crippen molar-refractivity contribution >= 4 is 29.9 Å². The minimum Gasteiger partial charge on any atom is -0.488 e. The molecule has 0 bridgehead atoms. The van der Waals surface area contributed by atoms with Gasteiger partial charge >= 0.3 is 0 Å². The number of benzene rings is 1. The van der Waals surface area contributed by atoms with Crippen molar-refractivity contribution in [1.29, 1.82) is 0 Å². The van der Waals surface area contributed by atoms with Crippen LogP contribution in [-0.4, -0.2) is 60.5 Å². The van der Waals surface area contributed by atoms with Crippen molar-refractivity contribution in [2.45, 2.75) is 45.3 Å². The summed E-state index contributed by atoms with van der Waals surface area (Å²) in [5.41, 5.74) is 1.03. The molecule has 2 aliphatic rings. The maximum atomic E-state index is 9.71. The van der Waals surface area contributed by atoms with Crippen molar-refractivity contribution in [1.82, 2.24) is 10.2 Å². The first-order valence-electron chi connectivity index (χ1n) is 9.13. The highest BCUT2D eigenvalue weighted by Gasteiger charge is 2.32. The Morgan fingerprint density at radius 2 is 2.27 bits per heavy atom. The Balaban J connectivity index is 0.00000243. The lowest BCUT2D eigenvalue weighted by Gasteiger charge is -2.21. The van der Waals surface area contributed by atoms with Gasteiger partial charge in [0.2, 0.25) is 0 Å². The van der Waals surface area contributed by atoms with Crippen LogP contribution in [0.4, 0.5) is 0 Å². The third kappa shape index (κ3) is 5.16. The van der Waals surface area contributed by atoms with Gasteiger partial charge in [-0.05, 0) is 33.3 Å². The number of ether oxygens (including phenoxy) is 2. The highest BCUT2D eigenvalue weighted by atomic mass is 127. The standard InChI is InChI=1S/C19H29N3O3.HI/c1-4-20-18(22-10-8-15(23)13-22)21-9-11-24-16-7-5-6-14-12-19(2,3)25-17(14)16;/h5-7,15,23H,4,8-13H2,1-3H3,(H,20,21);1H/t15-;/m1./s1. The van der Waals surface area contributed by atoms with Gasteiger partial charge in [0.15, 0.2) is 17.5 Å². The molecular formula is C19H30IN3O3. The lowest BCUT2D eigenvalue weighted by Crippen LogP contribution is -2.40. The molecule has 1 aromatic rings. The van der Waals surface area contributed by atoms with Crippen molar-refractivity contribution in [2.24, 2.45) is 4.99 Å². The molecule has 0 unspecified atom stereocenters. The van der Waals surface area contributed by atoms with E-state index in [0.717, 1.165) is 43.4 Å². The zero-order valence-electron chi connectivity index (χ0n) is 15.8. The van der Waals surface area contributed by atoms with Crippen LogP contribution in [0.15, 0.2) is 23.2 Å². The molecule has 1 fully saturated rings. The van der Waals surface area contributed by atoms with Gasteiger partial charge in [0.05, 0.1) is 12.6 Å². The predicted octanol–water partition coefficient (Wildman–Crippen LogP) is 2.43. The van der Waals surface area contributed by atoms with Gasteiger partial charge < -0.3 is 24.8 Å². The summed E-state index contributed by atoms with van der Waals surface area (Å²) in [5, 5.41) is 13.0. The molecule has 0 amide bonds. The third-order valence-electron chi connectivity index (χ3n) is 4.46. The Bertz CT molecular complexity index is 636. The molecule has 26 heavy (non-hydrogen) atoms. The third-order valence-corrected chi connectivity index (χ3v) is 4.46. The zero-order chi connectivity index (χ0) is 17.9. The van der Waals surface area contributed by atoms with E-state index in [1.807, 2.05) is 19.1 Å². The summed E-state index contributed by atoms with van der Waals surface area (Å²) in [5.74, 6) is 2.50. The topological polar surface area (TPSA) is 66.3 Å². The van der Waals surface area contributed by atoms with Crippen molar-refractivity contribution in [3.8, 4) is 11.5 Å². The van der Waals surface area contributed by atoms with Crippen molar-refractivity contribution in [2.75, 3.05) is 32.8 Å². The fraction of sp³-hybridized carbons (Fsp3) is 0.632. The maximum absolute atomic E-state index is 9.71. The zero-order valence-corrected chi connectivity index (χ0v) is 18.2. The molecule has 1 atom stereocenters. The Morgan fingerprint density at radius 3 is 2.96 bits per heavy atom. The molecule has 0 spiro atoms. The number of hydrogen-bond acceptors (Lipinski definition) is 4. The van der Waals surface area contributed by atoms with Crippen LogP contribution >= 0.6 is 24.0 Å². The molecule has 0 aliphatic carbocycles. The smallest absolute Gasteiger partial charge is 0.194 e. The first-order chi connectivity index (χ1) is 12.0. The molecule has 3 rings (SSSR count). The molecule has 2 N–H and O–H groups in total. The van der Waals surface area contributed by atoms with Crippen molar-refractivity contribution in [3.05, 3.63) is 23.8 Å². The number of nitrogens with zero attached hydrogens (tertiary/aromatic N) is 2. The second kappa shape index (κ2) is 9.12. The van der Waals surface area contributed by atoms with E-state index in [0.29, 0.717) is 19.7 Å². The Morgan fingerprint density at radius 1 is 1.46 bits per heavy atom. The van der Waals surface area contributed by atoms with Crippen LogP contribution in [0.25, 0.3) is 0 Å². The van der Waals surface area contributed by atoms with Gasteiger partial charge in [-0.15, -0.1) is 24.0 Å². The van der Waals surface area contributed by atoms with Gasteiger partial charge in [0.1, 0.15) is 12.2 Å². The first-order valence-corrected chi connectivity index (χ1v) is 9.13. The van der Waals surface area contributed by atoms with Crippen LogP contribution in [0, 0.1) is 0 Å². The number of aliphatic hydroxyl groups is 1. The number of rotatable bonds is 5. The molecule has 2 heterocycles. The summed E-state index contributed by atoms with van der Waals surface area (Å²) >= 11 is 0. The van der Waals surface area contributed by atoms with Gasteiger partial charge in [0, 0.05) is 31.6 Å². The van der Waals surface area contributed by atoms with Gasteiger partial charge in [-0.2, -0.15) is 0 Å². The minimum atomic E-state index is -0.257. The number of fused-ring (bicyclic) bond motifs is 1. The molecule has 2 aliphatic heterocycles. The summed E-state index contributed by atoms with van der Waals surface area (Å²) in [4.78, 5) is 6.72. The van der Waals surface area contributed by atoms with Crippen LogP contribution < -0.4 is 14.8 Å². The largest absolute Gasteiger partial charge is 0.488 e. The van der Waals surface area contributed by atoms with Crippen LogP contribution in [-0.2, 0) is 6.42 Å². The predicted molar refractivity (Wildman–Crippen MR) is 114 cm³/mol. The number of guanidine groups is 1. The van der Waals surface area contributed by atoms with E-state index in [1.54, 1.807) is 0 Å². The van der Waals surface area contributed by atoms with Crippen LogP contribution in [0.3, 0.4) is 0 Å². The number of aliphatic imine (C=N–C) groups is 1. The second-order valence-electron chi connectivity index (χ2n) is 7.26. The van der Waals surface area contributed by atoms with Crippen LogP contribution in [0.5, 0.6) is 11.5 Å². The average Bonchev–Trinajstić information content (AvgIpc) is 3.12. The van der Waals surface area contributed by atoms with Gasteiger partial charge in [0.25, 0.3) is 0 Å². The van der Waals surface area contributed by atoms with E-state index in [2.05, 4.69) is 35.1 Å². The van der Waals surface area contributed by atoms with Crippen molar-refractivity contribution in [3.63, 3.8) is 0 Å². The fourth-order valence-corrected chi connectivity index (χ4v) is 3.37. The molecular weight excluding hydrogens is 445 g/mol. The van der Waals surface area contributed by atoms with Gasteiger partial charge in [-0.1, -0.05) is 12.1 Å². The van der Waals surface area contributed by atoms with E-state index in [1.165, 1.54) is 5.56 Å². The van der Waals surface area contributed by atoms with E-state index in [9.17, 15) is 5.11 Å². The Labute approximate surface area is 173 Å². The molecule has 1 aromatic carbocycles. The second-order valence-corrected chi connectivity index (χ2v) is 7.26. The molecule has 6 nitrogen and oxygen atoms in total. The molecule has 1 saturated heterocycles. The highest BCUT2D eigenvalue weighted by Crippen LogP contribution is 2.41. The average molecular weight is 475 g/mol. The number of β-amino-alcohol motifs (C(OH)–C–C–N with tert-alkyl or cyclic N) is 1.